The fourth-order valence-corrected chi connectivity index (χ4v) is 3.32. The van der Waals surface area contributed by atoms with Crippen LogP contribution in [0.1, 0.15) is 16.1 Å². The van der Waals surface area contributed by atoms with Crippen LogP contribution in [-0.4, -0.2) is 37.0 Å². The third-order valence-electron chi connectivity index (χ3n) is 4.45. The van der Waals surface area contributed by atoms with Gasteiger partial charge in [-0.3, -0.25) is 0 Å². The monoisotopic (exact) mass is 405 g/mol. The molecule has 1 aromatic heterocycles. The van der Waals surface area contributed by atoms with Crippen LogP contribution in [0.3, 0.4) is 0 Å². The standard InChI is InChI=1S/C20H17Cl2NO4/c1-25-20(24)18-8-14-17(3-2-4-19(14)27-11-13-10-26-13)23(18)9-12-5-6-15(21)16(22)7-12/h2-8,13H,9-11H2,1H3. The maximum absolute atomic E-state index is 12.4. The predicted molar refractivity (Wildman–Crippen MR) is 104 cm³/mol. The van der Waals surface area contributed by atoms with Gasteiger partial charge in [-0.15, -0.1) is 0 Å². The molecular formula is C20H17Cl2NO4. The van der Waals surface area contributed by atoms with Gasteiger partial charge in [-0.05, 0) is 35.9 Å². The Bertz CT molecular complexity index is 1010. The number of fused-ring (bicyclic) bond motifs is 1. The summed E-state index contributed by atoms with van der Waals surface area (Å²) in [5.41, 5.74) is 2.23. The lowest BCUT2D eigenvalue weighted by Gasteiger charge is -2.11. The fourth-order valence-electron chi connectivity index (χ4n) is 2.99. The van der Waals surface area contributed by atoms with E-state index in [-0.39, 0.29) is 6.10 Å². The van der Waals surface area contributed by atoms with Crippen LogP contribution in [-0.2, 0) is 16.0 Å². The smallest absolute Gasteiger partial charge is 0.354 e. The van der Waals surface area contributed by atoms with E-state index in [1.54, 1.807) is 18.2 Å². The van der Waals surface area contributed by atoms with Crippen molar-refractivity contribution in [3.63, 3.8) is 0 Å². The van der Waals surface area contributed by atoms with Crippen molar-refractivity contribution in [1.82, 2.24) is 4.57 Å². The molecule has 1 fully saturated rings. The SMILES string of the molecule is COC(=O)c1cc2c(OCC3CO3)cccc2n1Cc1ccc(Cl)c(Cl)c1. The highest BCUT2D eigenvalue weighted by Gasteiger charge is 2.24. The van der Waals surface area contributed by atoms with Crippen LogP contribution < -0.4 is 4.74 Å². The molecule has 1 aliphatic rings. The topological polar surface area (TPSA) is 53.0 Å². The minimum absolute atomic E-state index is 0.152. The summed E-state index contributed by atoms with van der Waals surface area (Å²) in [7, 11) is 1.37. The lowest BCUT2D eigenvalue weighted by molar-refractivity contribution is 0.0589. The van der Waals surface area contributed by atoms with Crippen LogP contribution in [0.25, 0.3) is 10.9 Å². The second-order valence-corrected chi connectivity index (χ2v) is 7.13. The van der Waals surface area contributed by atoms with E-state index in [1.165, 1.54) is 7.11 Å². The van der Waals surface area contributed by atoms with E-state index in [4.69, 9.17) is 37.4 Å². The Hall–Kier alpha value is -2.21. The highest BCUT2D eigenvalue weighted by Crippen LogP contribution is 2.31. The molecule has 0 spiro atoms. The maximum Gasteiger partial charge on any atom is 0.354 e. The first-order valence-corrected chi connectivity index (χ1v) is 9.21. The first kappa shape index (κ1) is 18.2. The average molecular weight is 406 g/mol. The lowest BCUT2D eigenvalue weighted by Crippen LogP contribution is -2.11. The van der Waals surface area contributed by atoms with Crippen molar-refractivity contribution in [1.29, 1.82) is 0 Å². The number of aromatic nitrogens is 1. The first-order chi connectivity index (χ1) is 13.1. The molecule has 1 saturated heterocycles. The van der Waals surface area contributed by atoms with Crippen molar-refractivity contribution in [3.8, 4) is 5.75 Å². The van der Waals surface area contributed by atoms with Gasteiger partial charge in [-0.25, -0.2) is 4.79 Å². The molecule has 140 valence electrons. The van der Waals surface area contributed by atoms with Crippen LogP contribution in [0, 0.1) is 0 Å². The number of hydrogen-bond donors (Lipinski definition) is 0. The van der Waals surface area contributed by atoms with Gasteiger partial charge >= 0.3 is 5.97 Å². The van der Waals surface area contributed by atoms with Crippen LogP contribution in [0.2, 0.25) is 10.0 Å². The number of carbonyl (C=O) groups excluding carboxylic acids is 1. The van der Waals surface area contributed by atoms with Crippen LogP contribution in [0.5, 0.6) is 5.75 Å². The molecular weight excluding hydrogens is 389 g/mol. The molecule has 2 heterocycles. The zero-order valence-electron chi connectivity index (χ0n) is 14.6. The van der Waals surface area contributed by atoms with Crippen LogP contribution in [0.15, 0.2) is 42.5 Å². The molecule has 0 saturated carbocycles. The number of ether oxygens (including phenoxy) is 3. The zero-order valence-corrected chi connectivity index (χ0v) is 16.1. The number of rotatable bonds is 6. The number of hydrogen-bond acceptors (Lipinski definition) is 4. The van der Waals surface area contributed by atoms with Gasteiger partial charge in [0.2, 0.25) is 0 Å². The Balaban J connectivity index is 1.77. The minimum atomic E-state index is -0.414. The molecule has 0 N–H and O–H groups in total. The van der Waals surface area contributed by atoms with Gasteiger partial charge in [0.15, 0.2) is 0 Å². The zero-order chi connectivity index (χ0) is 19.0. The van der Waals surface area contributed by atoms with Crippen molar-refractivity contribution >= 4 is 40.1 Å². The largest absolute Gasteiger partial charge is 0.490 e. The number of esters is 1. The van der Waals surface area contributed by atoms with E-state index < -0.39 is 5.97 Å². The second-order valence-electron chi connectivity index (χ2n) is 6.31. The molecule has 4 rings (SSSR count). The molecule has 27 heavy (non-hydrogen) atoms. The molecule has 2 aromatic carbocycles. The normalized spacial score (nSPS) is 15.7. The van der Waals surface area contributed by atoms with E-state index in [1.807, 2.05) is 28.8 Å². The first-order valence-electron chi connectivity index (χ1n) is 8.45. The molecule has 3 aromatic rings. The van der Waals surface area contributed by atoms with Crippen molar-refractivity contribution in [2.75, 3.05) is 20.3 Å². The number of benzene rings is 2. The van der Waals surface area contributed by atoms with Gasteiger partial charge in [-0.2, -0.15) is 0 Å². The van der Waals surface area contributed by atoms with E-state index in [2.05, 4.69) is 0 Å². The molecule has 5 nitrogen and oxygen atoms in total. The van der Waals surface area contributed by atoms with Crippen molar-refractivity contribution in [3.05, 3.63) is 63.8 Å². The molecule has 0 amide bonds. The van der Waals surface area contributed by atoms with Crippen molar-refractivity contribution in [2.24, 2.45) is 0 Å². The Morgan fingerprint density at radius 3 is 2.74 bits per heavy atom. The summed E-state index contributed by atoms with van der Waals surface area (Å²) in [5, 5.41) is 1.81. The summed E-state index contributed by atoms with van der Waals surface area (Å²) in [5.74, 6) is 0.295. The summed E-state index contributed by atoms with van der Waals surface area (Å²) in [6.45, 7) is 1.66. The third-order valence-corrected chi connectivity index (χ3v) is 5.19. The van der Waals surface area contributed by atoms with Gasteiger partial charge in [-0.1, -0.05) is 35.3 Å². The summed E-state index contributed by atoms with van der Waals surface area (Å²) in [6.07, 6.45) is 0.152. The van der Waals surface area contributed by atoms with Gasteiger partial charge < -0.3 is 18.8 Å². The average Bonchev–Trinajstić information content (AvgIpc) is 3.43. The summed E-state index contributed by atoms with van der Waals surface area (Å²) in [4.78, 5) is 12.4. The molecule has 1 unspecified atom stereocenters. The molecule has 0 radical (unpaired) electrons. The molecule has 1 atom stereocenters. The Morgan fingerprint density at radius 1 is 1.22 bits per heavy atom. The van der Waals surface area contributed by atoms with E-state index in [0.717, 1.165) is 23.1 Å². The van der Waals surface area contributed by atoms with E-state index in [0.29, 0.717) is 34.6 Å². The number of halogens is 2. The van der Waals surface area contributed by atoms with Crippen molar-refractivity contribution in [2.45, 2.75) is 12.6 Å². The number of carbonyl (C=O) groups is 1. The summed E-state index contributed by atoms with van der Waals surface area (Å²) in [6, 6.07) is 12.9. The highest BCUT2D eigenvalue weighted by atomic mass is 35.5. The second kappa shape index (κ2) is 7.43. The minimum Gasteiger partial charge on any atom is -0.490 e. The summed E-state index contributed by atoms with van der Waals surface area (Å²) >= 11 is 12.1. The van der Waals surface area contributed by atoms with Gasteiger partial charge in [0, 0.05) is 11.9 Å². The molecule has 0 bridgehead atoms. The van der Waals surface area contributed by atoms with E-state index in [9.17, 15) is 4.79 Å². The third kappa shape index (κ3) is 3.76. The van der Waals surface area contributed by atoms with Crippen molar-refractivity contribution < 1.29 is 19.0 Å². The van der Waals surface area contributed by atoms with Gasteiger partial charge in [0.25, 0.3) is 0 Å². The van der Waals surface area contributed by atoms with Gasteiger partial charge in [0.1, 0.15) is 24.2 Å². The number of epoxide rings is 1. The number of methoxy groups -OCH3 is 1. The molecule has 0 aliphatic carbocycles. The Morgan fingerprint density at radius 2 is 2.04 bits per heavy atom. The summed E-state index contributed by atoms with van der Waals surface area (Å²) < 4.78 is 17.9. The highest BCUT2D eigenvalue weighted by molar-refractivity contribution is 6.42. The molecule has 7 heteroatoms. The Kier molecular flexibility index (Phi) is 5.00. The van der Waals surface area contributed by atoms with Crippen LogP contribution in [0.4, 0.5) is 0 Å². The molecule has 1 aliphatic heterocycles. The lowest BCUT2D eigenvalue weighted by atomic mass is 10.2. The quantitative estimate of drug-likeness (QED) is 0.445. The van der Waals surface area contributed by atoms with Crippen LogP contribution >= 0.6 is 23.2 Å². The Labute approximate surface area is 166 Å². The fraction of sp³-hybridized carbons (Fsp3) is 0.250. The maximum atomic E-state index is 12.4. The number of nitrogens with zero attached hydrogens (tertiary/aromatic N) is 1. The predicted octanol–water partition coefficient (Wildman–Crippen LogP) is 4.56. The van der Waals surface area contributed by atoms with Gasteiger partial charge in [0.05, 0.1) is 29.3 Å². The van der Waals surface area contributed by atoms with E-state index >= 15 is 0 Å².